The van der Waals surface area contributed by atoms with Crippen molar-refractivity contribution in [1.82, 2.24) is 0 Å². The standard InChI is InChI=1S/C15H30O.C15H30.C15H28.CH4.O2/c16-15-13-11-9-7-5-3-1-2-4-6-8-10-12-14-15;2*1-2-4-6-8-10-12-14-15-13-11-9-7-5-3-1;;1-2/h15-16H,1-14H2;1-15H2;1-2H,3-15H2;1H4;. The minimum atomic E-state index is -0.00914. The van der Waals surface area contributed by atoms with Crippen molar-refractivity contribution in [3.63, 3.8) is 0 Å². The largest absolute Gasteiger partial charge is 0.393 e. The first-order valence-electron chi connectivity index (χ1n) is 22.4. The Hall–Kier alpha value is -0.700. The zero-order valence-electron chi connectivity index (χ0n) is 32.7. The summed E-state index contributed by atoms with van der Waals surface area (Å²) in [6.45, 7) is 0. The fourth-order valence-electron chi connectivity index (χ4n) is 7.67. The van der Waals surface area contributed by atoms with Crippen molar-refractivity contribution in [2.75, 3.05) is 0 Å². The average molecular weight is 693 g/mol. The van der Waals surface area contributed by atoms with E-state index in [-0.39, 0.29) is 13.5 Å². The second-order valence-electron chi connectivity index (χ2n) is 15.7. The highest BCUT2D eigenvalue weighted by molar-refractivity contribution is 4.81. The van der Waals surface area contributed by atoms with Crippen molar-refractivity contribution in [2.45, 2.75) is 283 Å². The molecule has 0 heterocycles. The van der Waals surface area contributed by atoms with Gasteiger partial charge in [-0.25, -0.2) is 0 Å². The maximum absolute atomic E-state index is 9.77. The van der Waals surface area contributed by atoms with Crippen molar-refractivity contribution >= 4 is 0 Å². The highest BCUT2D eigenvalue weighted by Gasteiger charge is 2.04. The summed E-state index contributed by atoms with van der Waals surface area (Å²) < 4.78 is 0. The Labute approximate surface area is 309 Å². The van der Waals surface area contributed by atoms with Gasteiger partial charge in [0.1, 0.15) is 0 Å². The molecule has 0 aromatic carbocycles. The van der Waals surface area contributed by atoms with Crippen LogP contribution in [-0.2, 0) is 0 Å². The number of allylic oxidation sites excluding steroid dienone is 2. The van der Waals surface area contributed by atoms with E-state index < -0.39 is 0 Å². The van der Waals surface area contributed by atoms with E-state index in [2.05, 4.69) is 12.2 Å². The SMILES string of the molecule is C.C1=CCCCCCCCCCCCCC1.C1CCCCCCCCCCCCCC1.O=O.OC1CCCCCCCCCCCCCC1. The summed E-state index contributed by atoms with van der Waals surface area (Å²) in [6.07, 6.45) is 64.6. The zero-order valence-corrected chi connectivity index (χ0v) is 32.7. The fourth-order valence-corrected chi connectivity index (χ4v) is 7.67. The average Bonchev–Trinajstić information content (AvgIpc) is 3.14. The fraction of sp³-hybridized carbons (Fsp3) is 0.957. The van der Waals surface area contributed by atoms with E-state index in [1.807, 2.05) is 0 Å². The molecule has 3 heteroatoms. The Morgan fingerprint density at radius 1 is 0.265 bits per heavy atom. The first-order chi connectivity index (χ1) is 23.9. The maximum Gasteiger partial charge on any atom is 0.0540 e. The predicted molar refractivity (Wildman–Crippen MR) is 223 cm³/mol. The molecular formula is C46H92O3. The van der Waals surface area contributed by atoms with Crippen LogP contribution in [0.2, 0.25) is 0 Å². The normalized spacial score (nSPS) is 22.5. The van der Waals surface area contributed by atoms with E-state index in [1.165, 1.54) is 257 Å². The summed E-state index contributed by atoms with van der Waals surface area (Å²) in [7, 11) is 0. The molecule has 0 bridgehead atoms. The molecule has 0 aromatic rings. The first kappa shape index (κ1) is 50.4. The minimum absolute atomic E-state index is 0. The molecule has 2 fully saturated rings. The number of hydrogen-bond acceptors (Lipinski definition) is 3. The van der Waals surface area contributed by atoms with Crippen LogP contribution in [0.4, 0.5) is 0 Å². The van der Waals surface area contributed by atoms with E-state index in [0.29, 0.717) is 0 Å². The molecule has 3 aliphatic carbocycles. The lowest BCUT2D eigenvalue weighted by Crippen LogP contribution is -2.05. The molecule has 3 nitrogen and oxygen atoms in total. The molecule has 0 aromatic heterocycles. The third-order valence-corrected chi connectivity index (χ3v) is 11.0. The Bertz CT molecular complexity index is 500. The number of rotatable bonds is 0. The van der Waals surface area contributed by atoms with Gasteiger partial charge in [0, 0.05) is 9.93 Å². The van der Waals surface area contributed by atoms with Crippen LogP contribution in [0.25, 0.3) is 0 Å². The second kappa shape index (κ2) is 47.3. The summed E-state index contributed by atoms with van der Waals surface area (Å²) in [4.78, 5) is 14.0. The van der Waals surface area contributed by atoms with Gasteiger partial charge in [-0.05, 0) is 38.5 Å². The third kappa shape index (κ3) is 45.3. The molecule has 0 amide bonds. The van der Waals surface area contributed by atoms with Crippen LogP contribution in [0.5, 0.6) is 0 Å². The van der Waals surface area contributed by atoms with Gasteiger partial charge >= 0.3 is 0 Å². The molecule has 49 heavy (non-hydrogen) atoms. The van der Waals surface area contributed by atoms with Crippen LogP contribution in [-0.4, -0.2) is 11.2 Å². The summed E-state index contributed by atoms with van der Waals surface area (Å²) >= 11 is 0. The van der Waals surface area contributed by atoms with E-state index in [1.54, 1.807) is 0 Å². The zero-order chi connectivity index (χ0) is 34.7. The molecule has 2 saturated carbocycles. The van der Waals surface area contributed by atoms with Gasteiger partial charge in [-0.2, -0.15) is 0 Å². The van der Waals surface area contributed by atoms with Gasteiger partial charge in [-0.3, -0.25) is 0 Å². The molecule has 3 aliphatic rings. The van der Waals surface area contributed by atoms with Gasteiger partial charge < -0.3 is 5.11 Å². The smallest absolute Gasteiger partial charge is 0.0540 e. The van der Waals surface area contributed by atoms with Gasteiger partial charge in [-0.1, -0.05) is 251 Å². The Balaban J connectivity index is 0. The molecular weight excluding hydrogens is 601 g/mol. The van der Waals surface area contributed by atoms with Crippen molar-refractivity contribution < 1.29 is 5.11 Å². The maximum atomic E-state index is 9.77. The lowest BCUT2D eigenvalue weighted by Gasteiger charge is -2.09. The van der Waals surface area contributed by atoms with Crippen LogP contribution >= 0.6 is 0 Å². The van der Waals surface area contributed by atoms with Crippen LogP contribution in [0.1, 0.15) is 277 Å². The second-order valence-corrected chi connectivity index (χ2v) is 15.7. The van der Waals surface area contributed by atoms with E-state index in [4.69, 9.17) is 9.93 Å². The van der Waals surface area contributed by atoms with E-state index >= 15 is 0 Å². The Kier molecular flexibility index (Phi) is 48.7. The minimum Gasteiger partial charge on any atom is -0.393 e. The van der Waals surface area contributed by atoms with Gasteiger partial charge in [0.2, 0.25) is 0 Å². The lowest BCUT2D eigenvalue weighted by atomic mass is 10.0. The molecule has 0 radical (unpaired) electrons. The van der Waals surface area contributed by atoms with E-state index in [9.17, 15) is 5.11 Å². The van der Waals surface area contributed by atoms with Crippen LogP contribution in [0.3, 0.4) is 0 Å². The van der Waals surface area contributed by atoms with Crippen LogP contribution < -0.4 is 0 Å². The highest BCUT2D eigenvalue weighted by Crippen LogP contribution is 2.18. The monoisotopic (exact) mass is 693 g/mol. The van der Waals surface area contributed by atoms with Crippen molar-refractivity contribution in [3.8, 4) is 0 Å². The topological polar surface area (TPSA) is 54.4 Å². The van der Waals surface area contributed by atoms with Crippen molar-refractivity contribution in [2.24, 2.45) is 0 Å². The predicted octanol–water partition coefficient (Wildman–Crippen LogP) is 17.0. The van der Waals surface area contributed by atoms with Crippen LogP contribution in [0.15, 0.2) is 12.2 Å². The quantitative estimate of drug-likeness (QED) is 0.257. The molecule has 294 valence electrons. The van der Waals surface area contributed by atoms with Crippen LogP contribution in [0, 0.1) is 9.93 Å². The first-order valence-corrected chi connectivity index (χ1v) is 22.4. The molecule has 0 saturated heterocycles. The molecule has 0 unspecified atom stereocenters. The van der Waals surface area contributed by atoms with Gasteiger partial charge in [0.05, 0.1) is 6.10 Å². The molecule has 0 aliphatic heterocycles. The molecule has 1 N–H and O–H groups in total. The van der Waals surface area contributed by atoms with Gasteiger partial charge in [0.25, 0.3) is 0 Å². The summed E-state index contributed by atoms with van der Waals surface area (Å²) in [5.74, 6) is 0. The van der Waals surface area contributed by atoms with Gasteiger partial charge in [0.15, 0.2) is 0 Å². The number of hydrogen-bond donors (Lipinski definition) is 1. The molecule has 0 spiro atoms. The third-order valence-electron chi connectivity index (χ3n) is 11.0. The molecule has 3 rings (SSSR count). The molecule has 0 atom stereocenters. The van der Waals surface area contributed by atoms with Crippen molar-refractivity contribution in [1.29, 1.82) is 0 Å². The van der Waals surface area contributed by atoms with E-state index in [0.717, 1.165) is 12.8 Å². The summed E-state index contributed by atoms with van der Waals surface area (Å²) in [5.41, 5.74) is 0. The number of aliphatic hydroxyl groups is 1. The number of aliphatic hydroxyl groups excluding tert-OH is 1. The Morgan fingerprint density at radius 2 is 0.408 bits per heavy atom. The van der Waals surface area contributed by atoms with Crippen molar-refractivity contribution in [3.05, 3.63) is 22.1 Å². The summed E-state index contributed by atoms with van der Waals surface area (Å²) in [5, 5.41) is 9.77. The Morgan fingerprint density at radius 3 is 0.592 bits per heavy atom. The lowest BCUT2D eigenvalue weighted by molar-refractivity contribution is 0.147. The highest BCUT2D eigenvalue weighted by atomic mass is 16.7. The van der Waals surface area contributed by atoms with Gasteiger partial charge in [-0.15, -0.1) is 0 Å². The summed E-state index contributed by atoms with van der Waals surface area (Å²) in [6, 6.07) is 0.